The number of nitrogens with zero attached hydrogens (tertiary/aromatic N) is 2. The number of benzene rings is 2. The molecule has 0 saturated carbocycles. The van der Waals surface area contributed by atoms with Gasteiger partial charge in [-0.25, -0.2) is 0 Å². The molecule has 0 amide bonds. The van der Waals surface area contributed by atoms with Gasteiger partial charge in [-0.2, -0.15) is 0 Å². The third-order valence-corrected chi connectivity index (χ3v) is 4.73. The van der Waals surface area contributed by atoms with Crippen LogP contribution in [0.4, 0.5) is 5.69 Å². The van der Waals surface area contributed by atoms with Crippen LogP contribution in [0.25, 0.3) is 0 Å². The van der Waals surface area contributed by atoms with E-state index in [-0.39, 0.29) is 6.61 Å². The number of rotatable bonds is 7. The van der Waals surface area contributed by atoms with Gasteiger partial charge >= 0.3 is 0 Å². The topological polar surface area (TPSA) is 45.2 Å². The zero-order valence-corrected chi connectivity index (χ0v) is 15.7. The molecule has 1 saturated heterocycles. The van der Waals surface area contributed by atoms with E-state index in [0.717, 1.165) is 42.6 Å². The number of hydrogen-bond donors (Lipinski definition) is 1. The molecular weight excluding hydrogens is 352 g/mol. The monoisotopic (exact) mass is 376 g/mol. The molecule has 1 atom stereocenters. The molecule has 0 aliphatic carbocycles. The summed E-state index contributed by atoms with van der Waals surface area (Å²) in [6, 6.07) is 15.4. The highest BCUT2D eigenvalue weighted by Crippen LogP contribution is 2.21. The zero-order chi connectivity index (χ0) is 18.4. The van der Waals surface area contributed by atoms with Crippen molar-refractivity contribution in [3.8, 4) is 11.5 Å². The van der Waals surface area contributed by atoms with Gasteiger partial charge in [-0.15, -0.1) is 0 Å². The minimum Gasteiger partial charge on any atom is -0.497 e. The molecule has 26 heavy (non-hydrogen) atoms. The van der Waals surface area contributed by atoms with Gasteiger partial charge in [0.2, 0.25) is 0 Å². The fraction of sp³-hybridized carbons (Fsp3) is 0.400. The number of aliphatic hydroxyl groups is 1. The van der Waals surface area contributed by atoms with E-state index in [1.165, 1.54) is 0 Å². The van der Waals surface area contributed by atoms with E-state index in [1.54, 1.807) is 7.11 Å². The number of methoxy groups -OCH3 is 1. The van der Waals surface area contributed by atoms with E-state index in [1.807, 2.05) is 42.5 Å². The lowest BCUT2D eigenvalue weighted by Gasteiger charge is -2.36. The highest BCUT2D eigenvalue weighted by atomic mass is 35.5. The van der Waals surface area contributed by atoms with E-state index >= 15 is 0 Å². The van der Waals surface area contributed by atoms with E-state index < -0.39 is 6.10 Å². The van der Waals surface area contributed by atoms with Crippen molar-refractivity contribution in [1.82, 2.24) is 4.90 Å². The Morgan fingerprint density at radius 1 is 1.04 bits per heavy atom. The highest BCUT2D eigenvalue weighted by molar-refractivity contribution is 6.30. The van der Waals surface area contributed by atoms with Crippen molar-refractivity contribution in [2.45, 2.75) is 6.10 Å². The molecule has 2 aromatic carbocycles. The van der Waals surface area contributed by atoms with Crippen molar-refractivity contribution in [2.24, 2.45) is 0 Å². The minimum absolute atomic E-state index is 0.266. The predicted octanol–water partition coefficient (Wildman–Crippen LogP) is 2.91. The Balaban J connectivity index is 1.42. The molecule has 1 fully saturated rings. The lowest BCUT2D eigenvalue weighted by Crippen LogP contribution is -2.49. The second kappa shape index (κ2) is 9.12. The number of halogens is 1. The molecule has 0 bridgehead atoms. The number of anilines is 1. The first-order valence-corrected chi connectivity index (χ1v) is 9.19. The number of piperazine rings is 1. The average molecular weight is 377 g/mol. The summed E-state index contributed by atoms with van der Waals surface area (Å²) in [5.41, 5.74) is 1.15. The second-order valence-electron chi connectivity index (χ2n) is 6.41. The smallest absolute Gasteiger partial charge is 0.123 e. The van der Waals surface area contributed by atoms with Gasteiger partial charge in [0, 0.05) is 49.5 Å². The maximum Gasteiger partial charge on any atom is 0.123 e. The summed E-state index contributed by atoms with van der Waals surface area (Å²) in [5, 5.41) is 11.0. The van der Waals surface area contributed by atoms with E-state index in [9.17, 15) is 5.11 Å². The summed E-state index contributed by atoms with van der Waals surface area (Å²) >= 11 is 6.07. The minimum atomic E-state index is -0.529. The lowest BCUT2D eigenvalue weighted by atomic mass is 10.2. The van der Waals surface area contributed by atoms with Gasteiger partial charge in [0.15, 0.2) is 0 Å². The Kier molecular flexibility index (Phi) is 6.61. The van der Waals surface area contributed by atoms with Crippen molar-refractivity contribution in [1.29, 1.82) is 0 Å². The number of aliphatic hydroxyl groups excluding tert-OH is 1. The van der Waals surface area contributed by atoms with Gasteiger partial charge in [-0.1, -0.05) is 23.7 Å². The van der Waals surface area contributed by atoms with Gasteiger partial charge in [0.25, 0.3) is 0 Å². The SMILES string of the molecule is COc1cccc(OC[C@@H](O)CN2CCN(c3cccc(Cl)c3)CC2)c1. The lowest BCUT2D eigenvalue weighted by molar-refractivity contribution is 0.0662. The van der Waals surface area contributed by atoms with Crippen LogP contribution in [0.1, 0.15) is 0 Å². The van der Waals surface area contributed by atoms with Crippen LogP contribution in [-0.4, -0.2) is 62.6 Å². The summed E-state index contributed by atoms with van der Waals surface area (Å²) in [6.45, 7) is 4.52. The van der Waals surface area contributed by atoms with Crippen molar-refractivity contribution in [2.75, 3.05) is 51.3 Å². The van der Waals surface area contributed by atoms with Crippen molar-refractivity contribution in [3.05, 3.63) is 53.6 Å². The van der Waals surface area contributed by atoms with Crippen LogP contribution in [0.2, 0.25) is 5.02 Å². The number of β-amino-alcohol motifs (C(OH)–C–C–N with tert-alkyl or cyclic N) is 1. The van der Waals surface area contributed by atoms with Crippen LogP contribution in [0.5, 0.6) is 11.5 Å². The zero-order valence-electron chi connectivity index (χ0n) is 15.0. The Morgan fingerprint density at radius 3 is 2.50 bits per heavy atom. The van der Waals surface area contributed by atoms with E-state index in [2.05, 4.69) is 15.9 Å². The summed E-state index contributed by atoms with van der Waals surface area (Å²) in [5.74, 6) is 1.45. The fourth-order valence-corrected chi connectivity index (χ4v) is 3.28. The third kappa shape index (κ3) is 5.27. The quantitative estimate of drug-likeness (QED) is 0.805. The molecule has 0 unspecified atom stereocenters. The Labute approximate surface area is 159 Å². The average Bonchev–Trinajstić information content (AvgIpc) is 2.67. The van der Waals surface area contributed by atoms with Crippen LogP contribution >= 0.6 is 11.6 Å². The van der Waals surface area contributed by atoms with Gasteiger partial charge < -0.3 is 19.5 Å². The summed E-state index contributed by atoms with van der Waals surface area (Å²) in [7, 11) is 1.62. The molecule has 3 rings (SSSR count). The Bertz CT molecular complexity index is 705. The molecule has 2 aromatic rings. The van der Waals surface area contributed by atoms with Gasteiger partial charge in [0.1, 0.15) is 24.2 Å². The number of hydrogen-bond acceptors (Lipinski definition) is 5. The second-order valence-corrected chi connectivity index (χ2v) is 6.85. The van der Waals surface area contributed by atoms with Crippen LogP contribution in [0.3, 0.4) is 0 Å². The molecule has 0 spiro atoms. The van der Waals surface area contributed by atoms with Crippen LogP contribution in [0, 0.1) is 0 Å². The highest BCUT2D eigenvalue weighted by Gasteiger charge is 2.20. The Morgan fingerprint density at radius 2 is 1.77 bits per heavy atom. The molecule has 1 N–H and O–H groups in total. The summed E-state index contributed by atoms with van der Waals surface area (Å²) < 4.78 is 10.8. The maximum atomic E-state index is 10.3. The van der Waals surface area contributed by atoms with Gasteiger partial charge in [-0.05, 0) is 30.3 Å². The van der Waals surface area contributed by atoms with Crippen molar-refractivity contribution < 1.29 is 14.6 Å². The molecule has 0 aromatic heterocycles. The molecule has 1 heterocycles. The van der Waals surface area contributed by atoms with Gasteiger partial charge in [0.05, 0.1) is 7.11 Å². The van der Waals surface area contributed by atoms with Crippen LogP contribution in [0.15, 0.2) is 48.5 Å². The molecule has 1 aliphatic rings. The van der Waals surface area contributed by atoms with Crippen molar-refractivity contribution in [3.63, 3.8) is 0 Å². The standard InChI is InChI=1S/C20H25ClN2O3/c1-25-19-6-3-7-20(13-19)26-15-18(24)14-22-8-10-23(11-9-22)17-5-2-4-16(21)12-17/h2-7,12-13,18,24H,8-11,14-15H2,1H3/t18-/m0/s1. The molecule has 1 aliphatic heterocycles. The molecule has 0 radical (unpaired) electrons. The first-order chi connectivity index (χ1) is 12.6. The van der Waals surface area contributed by atoms with Gasteiger partial charge in [-0.3, -0.25) is 4.90 Å². The first kappa shape index (κ1) is 18.8. The van der Waals surface area contributed by atoms with Crippen LogP contribution < -0.4 is 14.4 Å². The summed E-state index contributed by atoms with van der Waals surface area (Å²) in [4.78, 5) is 4.59. The maximum absolute atomic E-state index is 10.3. The fourth-order valence-electron chi connectivity index (χ4n) is 3.10. The van der Waals surface area contributed by atoms with E-state index in [4.69, 9.17) is 21.1 Å². The molecule has 5 nitrogen and oxygen atoms in total. The first-order valence-electron chi connectivity index (χ1n) is 8.82. The van der Waals surface area contributed by atoms with Crippen molar-refractivity contribution >= 4 is 17.3 Å². The molecular formula is C20H25ClN2O3. The number of ether oxygens (including phenoxy) is 2. The molecule has 6 heteroatoms. The normalized spacial score (nSPS) is 16.3. The largest absolute Gasteiger partial charge is 0.497 e. The van der Waals surface area contributed by atoms with Crippen LogP contribution in [-0.2, 0) is 0 Å². The van der Waals surface area contributed by atoms with E-state index in [0.29, 0.717) is 12.3 Å². The molecule has 140 valence electrons. The predicted molar refractivity (Wildman–Crippen MR) is 105 cm³/mol. The Hall–Kier alpha value is -1.95. The summed E-state index contributed by atoms with van der Waals surface area (Å²) in [6.07, 6.45) is -0.529. The third-order valence-electron chi connectivity index (χ3n) is 4.50.